The van der Waals surface area contributed by atoms with Gasteiger partial charge in [0.2, 0.25) is 0 Å². The fourth-order valence-electron chi connectivity index (χ4n) is 4.53. The SMILES string of the molecule is [Cs+].[O-]c1c2cccc1Cc1cccc(c1O)Cc1cccc(c1O)Cc1cccc(c1O)C2. The van der Waals surface area contributed by atoms with E-state index in [2.05, 4.69) is 0 Å². The molecule has 33 heavy (non-hydrogen) atoms. The van der Waals surface area contributed by atoms with Crippen LogP contribution in [-0.4, -0.2) is 15.3 Å². The normalized spacial score (nSPS) is 12.6. The number of fused-ring (bicyclic) bond motifs is 8. The average Bonchev–Trinajstić information content (AvgIpc) is 2.78. The first-order chi connectivity index (χ1) is 15.5. The molecule has 0 aromatic heterocycles. The molecule has 0 spiro atoms. The first-order valence-electron chi connectivity index (χ1n) is 10.7. The van der Waals surface area contributed by atoms with Crippen LogP contribution in [0.4, 0.5) is 0 Å². The van der Waals surface area contributed by atoms with Crippen molar-refractivity contribution in [3.8, 4) is 23.0 Å². The molecule has 1 aliphatic rings. The Morgan fingerprint density at radius 3 is 0.909 bits per heavy atom. The first-order valence-corrected chi connectivity index (χ1v) is 10.7. The van der Waals surface area contributed by atoms with Gasteiger partial charge in [0.15, 0.2) is 0 Å². The maximum Gasteiger partial charge on any atom is 1.00 e. The standard InChI is InChI=1S/C28H24O4.Cs/c29-25-17-5-1-6-18(25)14-20-8-3-10-22(27(20)31)16-24-12-4-11-23(28(24)32)15-21-9-2-7-19(13-17)26(21)30;/h1-12,29-32H,13-16H2;/q;+1/p-1. The molecular weight excluding hydrogens is 533 g/mol. The largest absolute Gasteiger partial charge is 1.00 e. The Kier molecular flexibility index (Phi) is 7.48. The van der Waals surface area contributed by atoms with Gasteiger partial charge in [0.05, 0.1) is 0 Å². The molecule has 0 atom stereocenters. The van der Waals surface area contributed by atoms with E-state index in [9.17, 15) is 20.4 Å². The second-order valence-electron chi connectivity index (χ2n) is 8.39. The maximum atomic E-state index is 13.2. The van der Waals surface area contributed by atoms with Gasteiger partial charge in [0.1, 0.15) is 17.2 Å². The summed E-state index contributed by atoms with van der Waals surface area (Å²) in [6, 6.07) is 22.0. The Morgan fingerprint density at radius 1 is 0.424 bits per heavy atom. The van der Waals surface area contributed by atoms with Gasteiger partial charge >= 0.3 is 68.9 Å². The molecule has 4 aromatic rings. The zero-order valence-electron chi connectivity index (χ0n) is 18.5. The van der Waals surface area contributed by atoms with E-state index in [0.29, 0.717) is 70.2 Å². The molecule has 0 fully saturated rings. The van der Waals surface area contributed by atoms with Crippen LogP contribution in [0.2, 0.25) is 0 Å². The van der Waals surface area contributed by atoms with Crippen LogP contribution in [0.15, 0.2) is 72.8 Å². The first kappa shape index (κ1) is 24.3. The molecule has 0 aliphatic heterocycles. The number of rotatable bonds is 0. The summed E-state index contributed by atoms with van der Waals surface area (Å²) in [5.74, 6) is 0.396. The predicted octanol–water partition coefficient (Wildman–Crippen LogP) is 1.56. The van der Waals surface area contributed by atoms with Crippen LogP contribution in [0.3, 0.4) is 0 Å². The van der Waals surface area contributed by atoms with Crippen molar-refractivity contribution in [1.29, 1.82) is 0 Å². The minimum atomic E-state index is -0.0722. The van der Waals surface area contributed by atoms with Crippen LogP contribution in [-0.2, 0) is 25.7 Å². The summed E-state index contributed by atoms with van der Waals surface area (Å²) in [4.78, 5) is 0. The Morgan fingerprint density at radius 2 is 0.636 bits per heavy atom. The van der Waals surface area contributed by atoms with Gasteiger partial charge in [-0.1, -0.05) is 83.9 Å². The van der Waals surface area contributed by atoms with Crippen LogP contribution in [0.1, 0.15) is 44.5 Å². The Bertz CT molecular complexity index is 1040. The molecule has 160 valence electrons. The van der Waals surface area contributed by atoms with E-state index in [1.54, 1.807) is 12.1 Å². The summed E-state index contributed by atoms with van der Waals surface area (Å²) >= 11 is 0. The van der Waals surface area contributed by atoms with Gasteiger partial charge in [-0.15, -0.1) is 5.75 Å². The summed E-state index contributed by atoms with van der Waals surface area (Å²) in [7, 11) is 0. The predicted molar refractivity (Wildman–Crippen MR) is 121 cm³/mol. The average molecular weight is 556 g/mol. The Labute approximate surface area is 252 Å². The van der Waals surface area contributed by atoms with Gasteiger partial charge in [-0.05, 0) is 33.4 Å². The van der Waals surface area contributed by atoms with E-state index in [4.69, 9.17) is 0 Å². The molecule has 8 bridgehead atoms. The fourth-order valence-corrected chi connectivity index (χ4v) is 4.53. The molecule has 5 rings (SSSR count). The van der Waals surface area contributed by atoms with Crippen molar-refractivity contribution < 1.29 is 89.3 Å². The van der Waals surface area contributed by atoms with Gasteiger partial charge in [-0.2, -0.15) is 0 Å². The van der Waals surface area contributed by atoms with Crippen molar-refractivity contribution in [2.45, 2.75) is 25.7 Å². The van der Waals surface area contributed by atoms with Gasteiger partial charge in [-0.3, -0.25) is 0 Å². The zero-order valence-corrected chi connectivity index (χ0v) is 24.8. The molecule has 1 aliphatic carbocycles. The fraction of sp³-hybridized carbons (Fsp3) is 0.143. The minimum Gasteiger partial charge on any atom is -0.872 e. The topological polar surface area (TPSA) is 83.8 Å². The number of hydrogen-bond acceptors (Lipinski definition) is 4. The molecular formula is C28H23CsO4. The third-order valence-corrected chi connectivity index (χ3v) is 6.31. The van der Waals surface area contributed by atoms with Crippen molar-refractivity contribution in [1.82, 2.24) is 0 Å². The van der Waals surface area contributed by atoms with Crippen molar-refractivity contribution >= 4 is 0 Å². The van der Waals surface area contributed by atoms with Crippen LogP contribution < -0.4 is 74.0 Å². The number of phenolic OH excluding ortho intramolecular Hbond substituents is 3. The minimum absolute atomic E-state index is 0. The smallest absolute Gasteiger partial charge is 0.872 e. The Balaban J connectivity index is 0.00000259. The quantitative estimate of drug-likeness (QED) is 0.271. The summed E-state index contributed by atoms with van der Waals surface area (Å²) < 4.78 is 0. The van der Waals surface area contributed by atoms with Crippen molar-refractivity contribution in [2.24, 2.45) is 0 Å². The van der Waals surface area contributed by atoms with Crippen molar-refractivity contribution in [3.63, 3.8) is 0 Å². The third kappa shape index (κ3) is 4.85. The molecule has 0 radical (unpaired) electrons. The van der Waals surface area contributed by atoms with Crippen LogP contribution in [0, 0.1) is 0 Å². The molecule has 0 unspecified atom stereocenters. The van der Waals surface area contributed by atoms with Gasteiger partial charge in [0.25, 0.3) is 0 Å². The summed E-state index contributed by atoms with van der Waals surface area (Å²) in [6.45, 7) is 0. The molecule has 0 saturated carbocycles. The van der Waals surface area contributed by atoms with Crippen molar-refractivity contribution in [2.75, 3.05) is 0 Å². The molecule has 0 amide bonds. The van der Waals surface area contributed by atoms with Crippen molar-refractivity contribution in [3.05, 3.63) is 117 Å². The van der Waals surface area contributed by atoms with E-state index in [1.807, 2.05) is 60.7 Å². The van der Waals surface area contributed by atoms with Crippen LogP contribution >= 0.6 is 0 Å². The van der Waals surface area contributed by atoms with E-state index in [1.165, 1.54) is 0 Å². The molecule has 4 aromatic carbocycles. The second-order valence-corrected chi connectivity index (χ2v) is 8.39. The summed E-state index contributed by atoms with van der Waals surface area (Å²) in [5, 5.41) is 46.0. The monoisotopic (exact) mass is 556 g/mol. The van der Waals surface area contributed by atoms with E-state index < -0.39 is 0 Å². The van der Waals surface area contributed by atoms with Gasteiger partial charge in [0, 0.05) is 25.7 Å². The number of aromatic hydroxyl groups is 3. The van der Waals surface area contributed by atoms with Gasteiger partial charge in [-0.25, -0.2) is 0 Å². The Hall–Kier alpha value is -1.87. The van der Waals surface area contributed by atoms with E-state index in [0.717, 1.165) is 0 Å². The van der Waals surface area contributed by atoms with E-state index in [-0.39, 0.29) is 91.9 Å². The summed E-state index contributed by atoms with van der Waals surface area (Å²) in [6.07, 6.45) is 1.33. The summed E-state index contributed by atoms with van der Waals surface area (Å²) in [5.41, 5.74) is 5.32. The third-order valence-electron chi connectivity index (χ3n) is 6.31. The molecule has 0 heterocycles. The number of para-hydroxylation sites is 4. The number of phenols is 3. The maximum absolute atomic E-state index is 13.2. The zero-order chi connectivity index (χ0) is 22.2. The second kappa shape index (κ2) is 10.2. The molecule has 0 saturated heterocycles. The molecule has 4 nitrogen and oxygen atoms in total. The van der Waals surface area contributed by atoms with E-state index >= 15 is 0 Å². The molecule has 5 heteroatoms. The molecule has 3 N–H and O–H groups in total. The van der Waals surface area contributed by atoms with Crippen LogP contribution in [0.25, 0.3) is 0 Å². The van der Waals surface area contributed by atoms with Crippen LogP contribution in [0.5, 0.6) is 23.0 Å². The van der Waals surface area contributed by atoms with Gasteiger partial charge < -0.3 is 20.4 Å². The number of hydrogen-bond donors (Lipinski definition) is 3. The number of benzene rings is 4.